The fraction of sp³-hybridized carbons (Fsp3) is 0.600. The van der Waals surface area contributed by atoms with Gasteiger partial charge in [0, 0.05) is 6.54 Å². The van der Waals surface area contributed by atoms with E-state index in [1.54, 1.807) is 0 Å². The third-order valence-electron chi connectivity index (χ3n) is 3.06. The third kappa shape index (κ3) is 3.30. The minimum Gasteiger partial charge on any atom is -0.476 e. The Hall–Kier alpha value is -1.03. The minimum absolute atomic E-state index is 0.0889. The van der Waals surface area contributed by atoms with Gasteiger partial charge in [0.05, 0.1) is 11.6 Å². The summed E-state index contributed by atoms with van der Waals surface area (Å²) in [6, 6.07) is 0. The van der Waals surface area contributed by atoms with E-state index in [0.717, 1.165) is 17.8 Å². The van der Waals surface area contributed by atoms with Gasteiger partial charge in [0.25, 0.3) is 10.0 Å². The Morgan fingerprint density at radius 2 is 2.26 bits per heavy atom. The summed E-state index contributed by atoms with van der Waals surface area (Å²) in [6.45, 7) is 0.205. The van der Waals surface area contributed by atoms with Gasteiger partial charge in [-0.15, -0.1) is 11.3 Å². The summed E-state index contributed by atoms with van der Waals surface area (Å²) in [4.78, 5) is 14.4. The molecule has 9 heteroatoms. The SMILES string of the molecule is O=C(O)c1ncsc1S(=O)(=O)NCC1CCC(O)C1. The van der Waals surface area contributed by atoms with E-state index < -0.39 is 21.7 Å². The van der Waals surface area contributed by atoms with E-state index >= 15 is 0 Å². The molecule has 0 aromatic carbocycles. The van der Waals surface area contributed by atoms with Crippen LogP contribution < -0.4 is 4.72 Å². The summed E-state index contributed by atoms with van der Waals surface area (Å²) < 4.78 is 26.1. The number of sulfonamides is 1. The Morgan fingerprint density at radius 1 is 1.53 bits per heavy atom. The molecule has 0 spiro atoms. The predicted octanol–water partition coefficient (Wildman–Crippen LogP) is 0.281. The molecule has 2 atom stereocenters. The summed E-state index contributed by atoms with van der Waals surface area (Å²) in [5, 5.41) is 18.2. The largest absolute Gasteiger partial charge is 0.476 e. The molecular formula is C10H14N2O5S2. The molecule has 1 saturated carbocycles. The maximum atomic E-state index is 12.0. The molecule has 0 saturated heterocycles. The van der Waals surface area contributed by atoms with Crippen molar-refractivity contribution in [1.82, 2.24) is 9.71 Å². The number of aliphatic hydroxyl groups is 1. The van der Waals surface area contributed by atoms with Gasteiger partial charge in [0.2, 0.25) is 0 Å². The first-order valence-electron chi connectivity index (χ1n) is 5.74. The van der Waals surface area contributed by atoms with Gasteiger partial charge < -0.3 is 10.2 Å². The van der Waals surface area contributed by atoms with Crippen molar-refractivity contribution in [1.29, 1.82) is 0 Å². The molecule has 0 amide bonds. The summed E-state index contributed by atoms with van der Waals surface area (Å²) in [7, 11) is -3.85. The maximum Gasteiger partial charge on any atom is 0.356 e. The number of aromatic nitrogens is 1. The Labute approximate surface area is 114 Å². The van der Waals surface area contributed by atoms with Crippen LogP contribution in [0.1, 0.15) is 29.8 Å². The number of carboxylic acids is 1. The first kappa shape index (κ1) is 14.4. The van der Waals surface area contributed by atoms with Crippen molar-refractivity contribution in [3.8, 4) is 0 Å². The topological polar surface area (TPSA) is 117 Å². The molecule has 1 aliphatic carbocycles. The Balaban J connectivity index is 2.06. The summed E-state index contributed by atoms with van der Waals surface area (Å²) >= 11 is 0.776. The standard InChI is InChI=1S/C10H14N2O5S2/c13-7-2-1-6(3-7)4-12-19(16,17)10-8(9(14)15)11-5-18-10/h5-7,12-13H,1-4H2,(H,14,15). The number of aromatic carboxylic acids is 1. The summed E-state index contributed by atoms with van der Waals surface area (Å²) in [5.74, 6) is -1.27. The first-order valence-corrected chi connectivity index (χ1v) is 8.11. The fourth-order valence-electron chi connectivity index (χ4n) is 2.10. The summed E-state index contributed by atoms with van der Waals surface area (Å²) in [6.07, 6.45) is 1.63. The van der Waals surface area contributed by atoms with Gasteiger partial charge in [-0.2, -0.15) is 0 Å². The van der Waals surface area contributed by atoms with Crippen molar-refractivity contribution in [3.05, 3.63) is 11.2 Å². The number of nitrogens with one attached hydrogen (secondary N) is 1. The van der Waals surface area contributed by atoms with Crippen molar-refractivity contribution in [3.63, 3.8) is 0 Å². The number of carbonyl (C=O) groups is 1. The second-order valence-electron chi connectivity index (χ2n) is 4.48. The molecule has 0 aliphatic heterocycles. The fourth-order valence-corrected chi connectivity index (χ4v) is 4.39. The maximum absolute atomic E-state index is 12.0. The van der Waals surface area contributed by atoms with Gasteiger partial charge in [0.1, 0.15) is 0 Å². The van der Waals surface area contributed by atoms with Crippen LogP contribution in [0.5, 0.6) is 0 Å². The van der Waals surface area contributed by atoms with E-state index in [4.69, 9.17) is 5.11 Å². The van der Waals surface area contributed by atoms with Crippen LogP contribution in [0.15, 0.2) is 9.72 Å². The molecule has 19 heavy (non-hydrogen) atoms. The van der Waals surface area contributed by atoms with Crippen LogP contribution in [0.4, 0.5) is 0 Å². The third-order valence-corrected chi connectivity index (χ3v) is 5.85. The number of rotatable bonds is 5. The Morgan fingerprint density at radius 3 is 2.84 bits per heavy atom. The number of thiazole rings is 1. The van der Waals surface area contributed by atoms with E-state index in [2.05, 4.69) is 9.71 Å². The number of hydrogen-bond donors (Lipinski definition) is 3. The van der Waals surface area contributed by atoms with Crippen LogP contribution in [0.25, 0.3) is 0 Å². The van der Waals surface area contributed by atoms with Crippen molar-refractivity contribution in [2.24, 2.45) is 5.92 Å². The van der Waals surface area contributed by atoms with Gasteiger partial charge in [0.15, 0.2) is 9.90 Å². The lowest BCUT2D eigenvalue weighted by molar-refractivity contribution is 0.0687. The molecular weight excluding hydrogens is 292 g/mol. The van der Waals surface area contributed by atoms with Crippen LogP contribution in [0, 0.1) is 5.92 Å². The molecule has 1 aliphatic rings. The average molecular weight is 306 g/mol. The number of nitrogens with zero attached hydrogens (tertiary/aromatic N) is 1. The molecule has 1 aromatic heterocycles. The van der Waals surface area contributed by atoms with E-state index in [1.165, 1.54) is 5.51 Å². The quantitative estimate of drug-likeness (QED) is 0.719. The van der Waals surface area contributed by atoms with Crippen LogP contribution in [0.2, 0.25) is 0 Å². The lowest BCUT2D eigenvalue weighted by atomic mass is 10.1. The Bertz CT molecular complexity index is 568. The summed E-state index contributed by atoms with van der Waals surface area (Å²) in [5.41, 5.74) is 0.737. The number of hydrogen-bond acceptors (Lipinski definition) is 6. The van der Waals surface area contributed by atoms with Gasteiger partial charge in [-0.1, -0.05) is 0 Å². The zero-order chi connectivity index (χ0) is 14.0. The predicted molar refractivity (Wildman–Crippen MR) is 67.6 cm³/mol. The second kappa shape index (κ2) is 5.53. The zero-order valence-corrected chi connectivity index (χ0v) is 11.6. The van der Waals surface area contributed by atoms with Gasteiger partial charge >= 0.3 is 5.97 Å². The monoisotopic (exact) mass is 306 g/mol. The normalized spacial score (nSPS) is 23.6. The number of carboxylic acid groups (broad SMARTS) is 1. The van der Waals surface area contributed by atoms with E-state index in [0.29, 0.717) is 12.8 Å². The minimum atomic E-state index is -3.85. The highest BCUT2D eigenvalue weighted by atomic mass is 32.2. The molecule has 1 heterocycles. The number of aliphatic hydroxyl groups excluding tert-OH is 1. The molecule has 2 unspecified atom stereocenters. The van der Waals surface area contributed by atoms with Crippen molar-refractivity contribution in [2.45, 2.75) is 29.6 Å². The van der Waals surface area contributed by atoms with Crippen LogP contribution in [0.3, 0.4) is 0 Å². The molecule has 0 bridgehead atoms. The highest BCUT2D eigenvalue weighted by Crippen LogP contribution is 2.26. The van der Waals surface area contributed by atoms with Crippen LogP contribution in [-0.2, 0) is 10.0 Å². The van der Waals surface area contributed by atoms with E-state index in [1.807, 2.05) is 0 Å². The van der Waals surface area contributed by atoms with Gasteiger partial charge in [-0.3, -0.25) is 0 Å². The van der Waals surface area contributed by atoms with Crippen LogP contribution >= 0.6 is 11.3 Å². The van der Waals surface area contributed by atoms with E-state index in [9.17, 15) is 18.3 Å². The molecule has 1 aromatic rings. The molecule has 2 rings (SSSR count). The van der Waals surface area contributed by atoms with Crippen molar-refractivity contribution >= 4 is 27.3 Å². The lowest BCUT2D eigenvalue weighted by Gasteiger charge is -2.10. The average Bonchev–Trinajstić information content (AvgIpc) is 2.94. The molecule has 0 radical (unpaired) electrons. The highest BCUT2D eigenvalue weighted by molar-refractivity contribution is 7.91. The van der Waals surface area contributed by atoms with Crippen molar-refractivity contribution < 1.29 is 23.4 Å². The Kier molecular flexibility index (Phi) is 4.19. The zero-order valence-electron chi connectivity index (χ0n) is 9.94. The van der Waals surface area contributed by atoms with Crippen LogP contribution in [-0.4, -0.2) is 42.2 Å². The highest BCUT2D eigenvalue weighted by Gasteiger charge is 2.28. The van der Waals surface area contributed by atoms with Gasteiger partial charge in [-0.25, -0.2) is 22.9 Å². The lowest BCUT2D eigenvalue weighted by Crippen LogP contribution is -2.29. The second-order valence-corrected chi connectivity index (χ2v) is 7.30. The molecule has 1 fully saturated rings. The smallest absolute Gasteiger partial charge is 0.356 e. The first-order chi connectivity index (χ1) is 8.90. The molecule has 3 N–H and O–H groups in total. The van der Waals surface area contributed by atoms with Gasteiger partial charge in [-0.05, 0) is 25.2 Å². The van der Waals surface area contributed by atoms with E-state index in [-0.39, 0.29) is 22.8 Å². The molecule has 7 nitrogen and oxygen atoms in total. The van der Waals surface area contributed by atoms with Crippen molar-refractivity contribution in [2.75, 3.05) is 6.54 Å². The molecule has 106 valence electrons.